The van der Waals surface area contributed by atoms with Crippen LogP contribution in [0.5, 0.6) is 0 Å². The summed E-state index contributed by atoms with van der Waals surface area (Å²) in [4.78, 5) is 11.3. The average molecular weight is 216 g/mol. The van der Waals surface area contributed by atoms with E-state index in [1.807, 2.05) is 0 Å². The molecule has 0 aromatic carbocycles. The maximum absolute atomic E-state index is 11.3. The van der Waals surface area contributed by atoms with Crippen molar-refractivity contribution >= 4 is 5.91 Å². The molecule has 0 radical (unpaired) electrons. The molecule has 0 saturated carbocycles. The number of carbonyl (C=O) groups excluding carboxylic acids is 1. The quantitative estimate of drug-likeness (QED) is 0.563. The van der Waals surface area contributed by atoms with Gasteiger partial charge >= 0.3 is 0 Å². The molecule has 0 fully saturated rings. The summed E-state index contributed by atoms with van der Waals surface area (Å²) in [6.45, 7) is 6.76. The summed E-state index contributed by atoms with van der Waals surface area (Å²) in [6, 6.07) is 0. The van der Waals surface area contributed by atoms with E-state index in [1.54, 1.807) is 0 Å². The van der Waals surface area contributed by atoms with E-state index in [1.165, 1.54) is 0 Å². The number of carbonyl (C=O) groups is 1. The van der Waals surface area contributed by atoms with Crippen molar-refractivity contribution in [3.05, 3.63) is 0 Å². The molecule has 1 amide bonds. The van der Waals surface area contributed by atoms with Crippen LogP contribution >= 0.6 is 0 Å². The first-order valence-corrected chi connectivity index (χ1v) is 5.71. The molecule has 4 nitrogen and oxygen atoms in total. The van der Waals surface area contributed by atoms with Gasteiger partial charge < -0.3 is 15.8 Å². The second-order valence-corrected chi connectivity index (χ2v) is 4.04. The number of amides is 1. The van der Waals surface area contributed by atoms with Crippen LogP contribution in [0.15, 0.2) is 0 Å². The topological polar surface area (TPSA) is 64.3 Å². The number of rotatable bonds is 9. The van der Waals surface area contributed by atoms with Crippen molar-refractivity contribution in [3.63, 3.8) is 0 Å². The highest BCUT2D eigenvalue weighted by Crippen LogP contribution is 2.02. The van der Waals surface area contributed by atoms with Crippen molar-refractivity contribution in [2.45, 2.75) is 33.1 Å². The second-order valence-electron chi connectivity index (χ2n) is 4.04. The van der Waals surface area contributed by atoms with Gasteiger partial charge in [0, 0.05) is 26.1 Å². The normalized spacial score (nSPS) is 10.7. The highest BCUT2D eigenvalue weighted by molar-refractivity contribution is 5.75. The number of hydrogen-bond acceptors (Lipinski definition) is 3. The van der Waals surface area contributed by atoms with Gasteiger partial charge in [-0.2, -0.15) is 0 Å². The third kappa shape index (κ3) is 11.3. The first-order valence-electron chi connectivity index (χ1n) is 5.71. The Kier molecular flexibility index (Phi) is 9.52. The Morgan fingerprint density at radius 1 is 1.40 bits per heavy atom. The van der Waals surface area contributed by atoms with Gasteiger partial charge in [0.15, 0.2) is 0 Å². The molecule has 15 heavy (non-hydrogen) atoms. The molecule has 0 heterocycles. The molecule has 0 bridgehead atoms. The van der Waals surface area contributed by atoms with E-state index < -0.39 is 0 Å². The first-order chi connectivity index (χ1) is 7.16. The molecule has 0 aromatic heterocycles. The van der Waals surface area contributed by atoms with Crippen molar-refractivity contribution in [2.75, 3.05) is 26.3 Å². The Labute approximate surface area is 92.6 Å². The number of nitrogens with two attached hydrogens (primary N) is 1. The minimum absolute atomic E-state index is 0.141. The average Bonchev–Trinajstić information content (AvgIpc) is 2.20. The number of nitrogens with one attached hydrogen (secondary N) is 1. The van der Waals surface area contributed by atoms with E-state index in [0.717, 1.165) is 12.8 Å². The van der Waals surface area contributed by atoms with Gasteiger partial charge in [0.05, 0.1) is 6.61 Å². The fourth-order valence-corrected chi connectivity index (χ4v) is 1.10. The molecule has 0 spiro atoms. The van der Waals surface area contributed by atoms with Crippen molar-refractivity contribution in [1.82, 2.24) is 5.32 Å². The van der Waals surface area contributed by atoms with E-state index in [0.29, 0.717) is 38.6 Å². The summed E-state index contributed by atoms with van der Waals surface area (Å²) >= 11 is 0. The van der Waals surface area contributed by atoms with Crippen molar-refractivity contribution < 1.29 is 9.53 Å². The predicted octanol–water partition coefficient (Wildman–Crippen LogP) is 0.904. The molecule has 0 aliphatic heterocycles. The molecule has 0 aliphatic rings. The molecule has 0 unspecified atom stereocenters. The van der Waals surface area contributed by atoms with Crippen molar-refractivity contribution in [2.24, 2.45) is 11.7 Å². The van der Waals surface area contributed by atoms with Gasteiger partial charge in [-0.15, -0.1) is 0 Å². The number of ether oxygens (including phenoxy) is 1. The molecule has 0 rings (SSSR count). The molecule has 4 heteroatoms. The van der Waals surface area contributed by atoms with Crippen LogP contribution in [0.3, 0.4) is 0 Å². The van der Waals surface area contributed by atoms with E-state index >= 15 is 0 Å². The van der Waals surface area contributed by atoms with Crippen LogP contribution in [0.25, 0.3) is 0 Å². The van der Waals surface area contributed by atoms with Gasteiger partial charge in [-0.25, -0.2) is 0 Å². The van der Waals surface area contributed by atoms with E-state index in [4.69, 9.17) is 10.5 Å². The number of hydrogen-bond donors (Lipinski definition) is 2. The SMILES string of the molecule is CC(C)CCC(=O)NCCCOCCN. The summed E-state index contributed by atoms with van der Waals surface area (Å²) in [5, 5.41) is 2.86. The van der Waals surface area contributed by atoms with Crippen LogP contribution in [0, 0.1) is 5.92 Å². The minimum atomic E-state index is 0.141. The summed E-state index contributed by atoms with van der Waals surface area (Å²) in [7, 11) is 0. The van der Waals surface area contributed by atoms with Gasteiger partial charge in [-0.3, -0.25) is 4.79 Å². The standard InChI is InChI=1S/C11H24N2O2/c1-10(2)4-5-11(14)13-7-3-8-15-9-6-12/h10H,3-9,12H2,1-2H3,(H,13,14). The van der Waals surface area contributed by atoms with E-state index in [2.05, 4.69) is 19.2 Å². The molecule has 0 aromatic rings. The smallest absolute Gasteiger partial charge is 0.220 e. The van der Waals surface area contributed by atoms with Crippen LogP contribution in [0.4, 0.5) is 0 Å². The van der Waals surface area contributed by atoms with Gasteiger partial charge in [0.1, 0.15) is 0 Å². The molecule has 0 atom stereocenters. The van der Waals surface area contributed by atoms with E-state index in [9.17, 15) is 4.79 Å². The zero-order chi connectivity index (χ0) is 11.5. The summed E-state index contributed by atoms with van der Waals surface area (Å²) in [6.07, 6.45) is 2.43. The monoisotopic (exact) mass is 216 g/mol. The highest BCUT2D eigenvalue weighted by atomic mass is 16.5. The maximum atomic E-state index is 11.3. The molecule has 0 aliphatic carbocycles. The summed E-state index contributed by atoms with van der Waals surface area (Å²) < 4.78 is 5.19. The lowest BCUT2D eigenvalue weighted by molar-refractivity contribution is -0.121. The molecular weight excluding hydrogens is 192 g/mol. The van der Waals surface area contributed by atoms with Crippen molar-refractivity contribution in [1.29, 1.82) is 0 Å². The van der Waals surface area contributed by atoms with Crippen LogP contribution in [0.1, 0.15) is 33.1 Å². The zero-order valence-corrected chi connectivity index (χ0v) is 9.92. The fourth-order valence-electron chi connectivity index (χ4n) is 1.10. The lowest BCUT2D eigenvalue weighted by Gasteiger charge is -2.06. The van der Waals surface area contributed by atoms with E-state index in [-0.39, 0.29) is 5.91 Å². The minimum Gasteiger partial charge on any atom is -0.380 e. The van der Waals surface area contributed by atoms with Gasteiger partial charge in [0.2, 0.25) is 5.91 Å². The summed E-state index contributed by atoms with van der Waals surface area (Å²) in [5.41, 5.74) is 5.26. The second kappa shape index (κ2) is 9.93. The van der Waals surface area contributed by atoms with Crippen LogP contribution in [-0.2, 0) is 9.53 Å². The van der Waals surface area contributed by atoms with Crippen LogP contribution in [-0.4, -0.2) is 32.2 Å². The zero-order valence-electron chi connectivity index (χ0n) is 9.92. The third-order valence-corrected chi connectivity index (χ3v) is 2.00. The van der Waals surface area contributed by atoms with Gasteiger partial charge in [-0.05, 0) is 18.8 Å². The Morgan fingerprint density at radius 3 is 2.73 bits per heavy atom. The lowest BCUT2D eigenvalue weighted by atomic mass is 10.1. The highest BCUT2D eigenvalue weighted by Gasteiger charge is 2.01. The Bertz CT molecular complexity index is 161. The Morgan fingerprint density at radius 2 is 2.13 bits per heavy atom. The molecule has 0 saturated heterocycles. The Balaban J connectivity index is 3.17. The van der Waals surface area contributed by atoms with Gasteiger partial charge in [-0.1, -0.05) is 13.8 Å². The summed E-state index contributed by atoms with van der Waals surface area (Å²) in [5.74, 6) is 0.728. The molecule has 90 valence electrons. The lowest BCUT2D eigenvalue weighted by Crippen LogP contribution is -2.25. The predicted molar refractivity (Wildman–Crippen MR) is 61.6 cm³/mol. The van der Waals surface area contributed by atoms with Crippen LogP contribution in [0.2, 0.25) is 0 Å². The Hall–Kier alpha value is -0.610. The van der Waals surface area contributed by atoms with Crippen LogP contribution < -0.4 is 11.1 Å². The largest absolute Gasteiger partial charge is 0.380 e. The molecular formula is C11H24N2O2. The third-order valence-electron chi connectivity index (χ3n) is 2.00. The molecule has 3 N–H and O–H groups in total. The maximum Gasteiger partial charge on any atom is 0.220 e. The first kappa shape index (κ1) is 14.4. The fraction of sp³-hybridized carbons (Fsp3) is 0.909. The van der Waals surface area contributed by atoms with Crippen molar-refractivity contribution in [3.8, 4) is 0 Å². The van der Waals surface area contributed by atoms with Gasteiger partial charge in [0.25, 0.3) is 0 Å².